The number of hydrogen-bond donors (Lipinski definition) is 0. The molecular weight excluding hydrogens is 639 g/mol. The molecule has 0 radical (unpaired) electrons. The topological polar surface area (TPSA) is 3.24 Å². The molecule has 0 heterocycles. The van der Waals surface area contributed by atoms with Gasteiger partial charge in [-0.3, -0.25) is 0 Å². The molecule has 1 heteroatoms. The van der Waals surface area contributed by atoms with Crippen molar-refractivity contribution in [3.8, 4) is 55.6 Å². The quantitative estimate of drug-likeness (QED) is 0.155. The Morgan fingerprint density at radius 1 is 0.245 bits per heavy atom. The van der Waals surface area contributed by atoms with Gasteiger partial charge in [-0.25, -0.2) is 0 Å². The molecule has 0 atom stereocenters. The Bertz CT molecular complexity index is 2650. The molecular formula is C52H37N. The second-order valence-corrected chi connectivity index (χ2v) is 13.3. The summed E-state index contributed by atoms with van der Waals surface area (Å²) in [5.41, 5.74) is 15.3. The van der Waals surface area contributed by atoms with Gasteiger partial charge in [-0.2, -0.15) is 0 Å². The van der Waals surface area contributed by atoms with Crippen LogP contribution in [0.5, 0.6) is 0 Å². The zero-order valence-corrected chi connectivity index (χ0v) is 29.3. The van der Waals surface area contributed by atoms with Crippen LogP contribution in [0.4, 0.5) is 17.1 Å². The normalized spacial score (nSPS) is 11.0. The van der Waals surface area contributed by atoms with E-state index >= 15 is 0 Å². The van der Waals surface area contributed by atoms with Gasteiger partial charge in [0.05, 0.1) is 11.4 Å². The van der Waals surface area contributed by atoms with Crippen molar-refractivity contribution in [2.75, 3.05) is 4.90 Å². The maximum atomic E-state index is 2.43. The van der Waals surface area contributed by atoms with E-state index in [0.717, 1.165) is 17.1 Å². The van der Waals surface area contributed by atoms with E-state index in [2.05, 4.69) is 229 Å². The largest absolute Gasteiger partial charge is 0.309 e. The second kappa shape index (κ2) is 14.3. The third-order valence-electron chi connectivity index (χ3n) is 10.1. The number of rotatable bonds is 8. The van der Waals surface area contributed by atoms with Gasteiger partial charge >= 0.3 is 0 Å². The van der Waals surface area contributed by atoms with Crippen molar-refractivity contribution in [2.45, 2.75) is 0 Å². The first-order chi connectivity index (χ1) is 26.3. The van der Waals surface area contributed by atoms with Gasteiger partial charge in [0.1, 0.15) is 0 Å². The van der Waals surface area contributed by atoms with Gasteiger partial charge in [0.2, 0.25) is 0 Å². The summed E-state index contributed by atoms with van der Waals surface area (Å²) in [4.78, 5) is 2.43. The van der Waals surface area contributed by atoms with Crippen molar-refractivity contribution >= 4 is 27.8 Å². The molecule has 1 nitrogen and oxygen atoms in total. The summed E-state index contributed by atoms with van der Waals surface area (Å²) >= 11 is 0. The standard InChI is InChI=1S/C52H37N/c1-3-17-38(18-4-1)42-23-15-24-43(37-42)39-33-35-44(36-34-39)53(51-32-16-22-41-21-7-8-26-46(41)51)52-31-14-13-30-50(52)49-29-12-11-28-48(49)47-27-10-9-25-45(47)40-19-5-2-6-20-40/h1-37H. The maximum absolute atomic E-state index is 2.43. The van der Waals surface area contributed by atoms with Crippen molar-refractivity contribution in [3.63, 3.8) is 0 Å². The first kappa shape index (κ1) is 32.0. The van der Waals surface area contributed by atoms with Crippen LogP contribution in [0.3, 0.4) is 0 Å². The van der Waals surface area contributed by atoms with Crippen molar-refractivity contribution in [2.24, 2.45) is 0 Å². The van der Waals surface area contributed by atoms with Crippen LogP contribution in [-0.2, 0) is 0 Å². The maximum Gasteiger partial charge on any atom is 0.0540 e. The fourth-order valence-electron chi connectivity index (χ4n) is 7.56. The fraction of sp³-hybridized carbons (Fsp3) is 0. The highest BCUT2D eigenvalue weighted by Crippen LogP contribution is 2.46. The summed E-state index contributed by atoms with van der Waals surface area (Å²) in [6, 6.07) is 80.8. The first-order valence-corrected chi connectivity index (χ1v) is 18.2. The highest BCUT2D eigenvalue weighted by Gasteiger charge is 2.21. The van der Waals surface area contributed by atoms with Crippen molar-refractivity contribution in [1.82, 2.24) is 0 Å². The molecule has 0 aliphatic rings. The third-order valence-corrected chi connectivity index (χ3v) is 10.1. The first-order valence-electron chi connectivity index (χ1n) is 18.2. The number of benzene rings is 9. The Morgan fingerprint density at radius 3 is 1.38 bits per heavy atom. The molecule has 0 saturated carbocycles. The minimum Gasteiger partial charge on any atom is -0.309 e. The van der Waals surface area contributed by atoms with Gasteiger partial charge < -0.3 is 4.90 Å². The van der Waals surface area contributed by atoms with Crippen LogP contribution in [0, 0.1) is 0 Å². The summed E-state index contributed by atoms with van der Waals surface area (Å²) in [5, 5.41) is 2.41. The fourth-order valence-corrected chi connectivity index (χ4v) is 7.56. The minimum atomic E-state index is 1.10. The Hall–Kier alpha value is -6.96. The molecule has 0 fully saturated rings. The SMILES string of the molecule is c1ccc(-c2cccc(-c3ccc(N(c4ccccc4-c4ccccc4-c4ccccc4-c4ccccc4)c4cccc5ccccc45)cc3)c2)cc1. The molecule has 0 aliphatic carbocycles. The summed E-state index contributed by atoms with van der Waals surface area (Å²) in [6.45, 7) is 0. The molecule has 0 saturated heterocycles. The molecule has 0 aromatic heterocycles. The lowest BCUT2D eigenvalue weighted by molar-refractivity contribution is 1.30. The Balaban J connectivity index is 1.21. The predicted octanol–water partition coefficient (Wildman–Crippen LogP) is 14.6. The molecule has 0 N–H and O–H groups in total. The highest BCUT2D eigenvalue weighted by atomic mass is 15.1. The van der Waals surface area contributed by atoms with Crippen LogP contribution < -0.4 is 4.90 Å². The molecule has 0 unspecified atom stereocenters. The van der Waals surface area contributed by atoms with Crippen LogP contribution in [0.25, 0.3) is 66.4 Å². The molecule has 9 rings (SSSR count). The van der Waals surface area contributed by atoms with E-state index in [1.54, 1.807) is 0 Å². The van der Waals surface area contributed by atoms with E-state index in [9.17, 15) is 0 Å². The number of para-hydroxylation sites is 1. The number of hydrogen-bond acceptors (Lipinski definition) is 1. The smallest absolute Gasteiger partial charge is 0.0540 e. The third kappa shape index (κ3) is 6.30. The summed E-state index contributed by atoms with van der Waals surface area (Å²) in [6.07, 6.45) is 0. The molecule has 0 amide bonds. The molecule has 0 bridgehead atoms. The monoisotopic (exact) mass is 675 g/mol. The van der Waals surface area contributed by atoms with Crippen LogP contribution in [0.2, 0.25) is 0 Å². The number of nitrogens with zero attached hydrogens (tertiary/aromatic N) is 1. The lowest BCUT2D eigenvalue weighted by Gasteiger charge is -2.29. The van der Waals surface area contributed by atoms with E-state index in [0.29, 0.717) is 0 Å². The Morgan fingerprint density at radius 2 is 0.679 bits per heavy atom. The van der Waals surface area contributed by atoms with E-state index in [1.807, 2.05) is 0 Å². The summed E-state index contributed by atoms with van der Waals surface area (Å²) in [7, 11) is 0. The predicted molar refractivity (Wildman–Crippen MR) is 226 cm³/mol. The molecule has 250 valence electrons. The van der Waals surface area contributed by atoms with Gasteiger partial charge in [0, 0.05) is 16.6 Å². The van der Waals surface area contributed by atoms with Gasteiger partial charge in [-0.1, -0.05) is 194 Å². The molecule has 0 spiro atoms. The zero-order chi connectivity index (χ0) is 35.4. The average Bonchev–Trinajstić information content (AvgIpc) is 3.25. The molecule has 9 aromatic rings. The second-order valence-electron chi connectivity index (χ2n) is 13.3. The van der Waals surface area contributed by atoms with Crippen molar-refractivity contribution < 1.29 is 0 Å². The van der Waals surface area contributed by atoms with E-state index in [-0.39, 0.29) is 0 Å². The van der Waals surface area contributed by atoms with Crippen molar-refractivity contribution in [3.05, 3.63) is 224 Å². The Labute approximate surface area is 311 Å². The lowest BCUT2D eigenvalue weighted by atomic mass is 9.88. The van der Waals surface area contributed by atoms with Crippen LogP contribution in [0.15, 0.2) is 224 Å². The number of anilines is 3. The van der Waals surface area contributed by atoms with Gasteiger partial charge in [0.15, 0.2) is 0 Å². The Kier molecular flexibility index (Phi) is 8.66. The molecule has 9 aromatic carbocycles. The highest BCUT2D eigenvalue weighted by molar-refractivity contribution is 6.03. The average molecular weight is 676 g/mol. The summed E-state index contributed by atoms with van der Waals surface area (Å²) < 4.78 is 0. The van der Waals surface area contributed by atoms with E-state index < -0.39 is 0 Å². The van der Waals surface area contributed by atoms with E-state index in [1.165, 1.54) is 66.4 Å². The van der Waals surface area contributed by atoms with Crippen LogP contribution in [0.1, 0.15) is 0 Å². The van der Waals surface area contributed by atoms with Crippen LogP contribution >= 0.6 is 0 Å². The van der Waals surface area contributed by atoms with Gasteiger partial charge in [0.25, 0.3) is 0 Å². The van der Waals surface area contributed by atoms with Crippen LogP contribution in [-0.4, -0.2) is 0 Å². The minimum absolute atomic E-state index is 1.10. The molecule has 53 heavy (non-hydrogen) atoms. The van der Waals surface area contributed by atoms with Crippen molar-refractivity contribution in [1.29, 1.82) is 0 Å². The molecule has 0 aliphatic heterocycles. The summed E-state index contributed by atoms with van der Waals surface area (Å²) in [5.74, 6) is 0. The van der Waals surface area contributed by atoms with E-state index in [4.69, 9.17) is 0 Å². The zero-order valence-electron chi connectivity index (χ0n) is 29.3. The number of fused-ring (bicyclic) bond motifs is 1. The van der Waals surface area contributed by atoms with Gasteiger partial charge in [-0.15, -0.1) is 0 Å². The lowest BCUT2D eigenvalue weighted by Crippen LogP contribution is -2.12. The van der Waals surface area contributed by atoms with Gasteiger partial charge in [-0.05, 0) is 85.8 Å².